The lowest BCUT2D eigenvalue weighted by molar-refractivity contribution is -0.136. The maximum absolute atomic E-state index is 13.8. The molecule has 2 saturated heterocycles. The fourth-order valence-corrected chi connectivity index (χ4v) is 9.34. The van der Waals surface area contributed by atoms with E-state index in [1.165, 1.54) is 12.1 Å². The average molecular weight is 757 g/mol. The minimum atomic E-state index is -1.01. The lowest BCUT2D eigenvalue weighted by Crippen LogP contribution is -2.54. The van der Waals surface area contributed by atoms with Gasteiger partial charge in [0.2, 0.25) is 17.7 Å². The number of ether oxygens (including phenoxy) is 1. The monoisotopic (exact) mass is 756 g/mol. The van der Waals surface area contributed by atoms with Crippen molar-refractivity contribution in [3.05, 3.63) is 129 Å². The molecule has 0 radical (unpaired) electrons. The largest absolute Gasteiger partial charge is 0.508 e. The molecule has 5 amide bonds. The summed E-state index contributed by atoms with van der Waals surface area (Å²) >= 11 is 0. The van der Waals surface area contributed by atoms with E-state index in [4.69, 9.17) is 4.74 Å². The zero-order valence-corrected chi connectivity index (χ0v) is 30.7. The van der Waals surface area contributed by atoms with Gasteiger partial charge < -0.3 is 14.7 Å². The van der Waals surface area contributed by atoms with Crippen LogP contribution in [0.5, 0.6) is 11.5 Å². The topological polar surface area (TPSA) is 137 Å². The smallest absolute Gasteiger partial charge is 0.262 e. The molecule has 0 bridgehead atoms. The summed E-state index contributed by atoms with van der Waals surface area (Å²) in [5.41, 5.74) is 6.67. The second-order valence-corrected chi connectivity index (χ2v) is 15.6. The first kappa shape index (κ1) is 35.8. The Morgan fingerprint density at radius 3 is 2.20 bits per heavy atom. The van der Waals surface area contributed by atoms with E-state index in [0.717, 1.165) is 69.7 Å². The SMILES string of the molecule is O=C1CC[C@@H](N2C(=O)c3cc4c(cc3C2=O)CN(CC(=O)N2CCC[C@H](Oc3ccc([C@@H]5c6ccc(O)cc6CC[C@@H]5c5ccc(F)cc5)cc3)C2)C4)C(=O)N1. The van der Waals surface area contributed by atoms with Crippen LogP contribution in [-0.4, -0.2) is 81.1 Å². The van der Waals surface area contributed by atoms with E-state index in [2.05, 4.69) is 17.4 Å². The van der Waals surface area contributed by atoms with E-state index in [1.807, 2.05) is 46.2 Å². The molecule has 4 aliphatic heterocycles. The number of amides is 5. The van der Waals surface area contributed by atoms with Crippen LogP contribution in [0.4, 0.5) is 4.39 Å². The van der Waals surface area contributed by atoms with E-state index >= 15 is 0 Å². The van der Waals surface area contributed by atoms with Crippen LogP contribution in [0, 0.1) is 5.82 Å². The number of benzene rings is 4. The number of fused-ring (bicyclic) bond motifs is 3. The van der Waals surface area contributed by atoms with E-state index in [0.29, 0.717) is 26.2 Å². The quantitative estimate of drug-likeness (QED) is 0.247. The van der Waals surface area contributed by atoms with Crippen LogP contribution in [0.2, 0.25) is 0 Å². The summed E-state index contributed by atoms with van der Waals surface area (Å²) < 4.78 is 20.3. The van der Waals surface area contributed by atoms with E-state index in [-0.39, 0.29) is 65.9 Å². The molecule has 0 aromatic heterocycles. The van der Waals surface area contributed by atoms with E-state index < -0.39 is 29.7 Å². The molecule has 1 aliphatic carbocycles. The van der Waals surface area contributed by atoms with Crippen molar-refractivity contribution in [2.24, 2.45) is 0 Å². The number of likely N-dealkylation sites (tertiary alicyclic amines) is 1. The number of piperidine rings is 2. The molecular weight excluding hydrogens is 716 g/mol. The van der Waals surface area contributed by atoms with Crippen LogP contribution in [0.3, 0.4) is 0 Å². The molecule has 0 unspecified atom stereocenters. The number of aromatic hydroxyl groups is 1. The van der Waals surface area contributed by atoms with Gasteiger partial charge in [-0.2, -0.15) is 0 Å². The first-order valence-corrected chi connectivity index (χ1v) is 19.3. The zero-order valence-electron chi connectivity index (χ0n) is 30.7. The molecule has 0 spiro atoms. The Morgan fingerprint density at radius 1 is 0.804 bits per heavy atom. The van der Waals surface area contributed by atoms with Gasteiger partial charge in [0.1, 0.15) is 29.5 Å². The maximum Gasteiger partial charge on any atom is 0.262 e. The summed E-state index contributed by atoms with van der Waals surface area (Å²) in [5.74, 6) is -1.29. The van der Waals surface area contributed by atoms with E-state index in [1.54, 1.807) is 18.2 Å². The summed E-state index contributed by atoms with van der Waals surface area (Å²) in [6.45, 7) is 2.17. The van der Waals surface area contributed by atoms with Gasteiger partial charge in [0.15, 0.2) is 0 Å². The fourth-order valence-electron chi connectivity index (χ4n) is 9.34. The second kappa shape index (κ2) is 14.3. The number of carbonyl (C=O) groups is 5. The highest BCUT2D eigenvalue weighted by Gasteiger charge is 2.45. The lowest BCUT2D eigenvalue weighted by Gasteiger charge is -2.35. The third-order valence-corrected chi connectivity index (χ3v) is 12.1. The first-order chi connectivity index (χ1) is 27.1. The van der Waals surface area contributed by atoms with Gasteiger partial charge in [-0.1, -0.05) is 30.3 Å². The predicted molar refractivity (Wildman–Crippen MR) is 201 cm³/mol. The van der Waals surface area contributed by atoms with Crippen LogP contribution in [0.15, 0.2) is 78.9 Å². The molecule has 5 aliphatic rings. The van der Waals surface area contributed by atoms with Crippen molar-refractivity contribution in [2.45, 2.75) is 75.6 Å². The highest BCUT2D eigenvalue weighted by atomic mass is 19.1. The number of imide groups is 2. The van der Waals surface area contributed by atoms with Gasteiger partial charge in [0.05, 0.1) is 24.2 Å². The number of hydrogen-bond acceptors (Lipinski definition) is 8. The molecule has 286 valence electrons. The summed E-state index contributed by atoms with van der Waals surface area (Å²) in [5, 5.41) is 12.4. The van der Waals surface area contributed by atoms with E-state index in [9.17, 15) is 33.5 Å². The van der Waals surface area contributed by atoms with Gasteiger partial charge in [-0.05, 0) is 120 Å². The molecule has 0 saturated carbocycles. The van der Waals surface area contributed by atoms with Gasteiger partial charge in [0, 0.05) is 32.0 Å². The maximum atomic E-state index is 13.8. The zero-order chi connectivity index (χ0) is 38.7. The Hall–Kier alpha value is -5.88. The number of nitrogens with one attached hydrogen (secondary N) is 1. The van der Waals surface area contributed by atoms with Crippen LogP contribution in [0.1, 0.15) is 98.0 Å². The van der Waals surface area contributed by atoms with Crippen molar-refractivity contribution in [1.29, 1.82) is 0 Å². The molecule has 56 heavy (non-hydrogen) atoms. The van der Waals surface area contributed by atoms with Crippen LogP contribution < -0.4 is 10.1 Å². The Labute approximate surface area is 323 Å². The van der Waals surface area contributed by atoms with Crippen molar-refractivity contribution >= 4 is 29.5 Å². The van der Waals surface area contributed by atoms with Crippen molar-refractivity contribution < 1.29 is 38.2 Å². The summed E-state index contributed by atoms with van der Waals surface area (Å²) in [7, 11) is 0. The van der Waals surface area contributed by atoms with Crippen LogP contribution in [-0.2, 0) is 33.9 Å². The highest BCUT2D eigenvalue weighted by Crippen LogP contribution is 2.47. The average Bonchev–Trinajstić information content (AvgIpc) is 3.69. The van der Waals surface area contributed by atoms with Gasteiger partial charge in [0.25, 0.3) is 11.8 Å². The summed E-state index contributed by atoms with van der Waals surface area (Å²) in [6, 6.07) is 22.8. The predicted octanol–water partition coefficient (Wildman–Crippen LogP) is 5.18. The summed E-state index contributed by atoms with van der Waals surface area (Å²) in [6.07, 6.45) is 3.30. The number of phenols is 1. The van der Waals surface area contributed by atoms with Gasteiger partial charge in [-0.25, -0.2) is 4.39 Å². The molecule has 11 nitrogen and oxygen atoms in total. The number of hydrogen-bond donors (Lipinski definition) is 2. The van der Waals surface area contributed by atoms with Gasteiger partial charge in [-0.15, -0.1) is 0 Å². The fraction of sp³-hybridized carbons (Fsp3) is 0.341. The number of carbonyl (C=O) groups excluding carboxylic acids is 5. The molecule has 4 heterocycles. The number of phenolic OH excluding ortho intramolecular Hbond substituents is 1. The Kier molecular flexibility index (Phi) is 9.15. The van der Waals surface area contributed by atoms with Crippen molar-refractivity contribution in [3.63, 3.8) is 0 Å². The second-order valence-electron chi connectivity index (χ2n) is 15.6. The Balaban J connectivity index is 0.832. The standard InChI is InChI=1S/C44H41FN4O7/c45-30-8-3-25(4-9-30)34-13-7-27-18-31(50)10-14-35(27)41(34)26-5-11-32(12-6-26)56-33-2-1-17-48(23-33)40(52)24-47-21-28-19-36-37(20-29(28)22-47)44(55)49(43(36)54)38-15-16-39(51)46-42(38)53/h3-6,8-12,14,18-20,33-34,38,41,50H,1-2,7,13,15-17,21-24H2,(H,46,51,53)/t33-,34+,38+,41-/m0/s1. The molecule has 12 heteroatoms. The Morgan fingerprint density at radius 2 is 1.50 bits per heavy atom. The van der Waals surface area contributed by atoms with Crippen molar-refractivity contribution in [1.82, 2.24) is 20.0 Å². The molecular formula is C44H41FN4O7. The molecule has 9 rings (SSSR count). The number of rotatable bonds is 7. The third-order valence-electron chi connectivity index (χ3n) is 12.1. The number of halogens is 1. The minimum Gasteiger partial charge on any atom is -0.508 e. The molecule has 2 N–H and O–H groups in total. The van der Waals surface area contributed by atoms with Crippen molar-refractivity contribution in [2.75, 3.05) is 19.6 Å². The highest BCUT2D eigenvalue weighted by molar-refractivity contribution is 6.23. The third kappa shape index (κ3) is 6.61. The molecule has 4 atom stereocenters. The van der Waals surface area contributed by atoms with Gasteiger partial charge in [-0.3, -0.25) is 39.1 Å². The molecule has 4 aromatic rings. The lowest BCUT2D eigenvalue weighted by atomic mass is 9.69. The number of nitrogens with zero attached hydrogens (tertiary/aromatic N) is 3. The summed E-state index contributed by atoms with van der Waals surface area (Å²) in [4.78, 5) is 69.1. The normalized spacial score (nSPS) is 23.4. The Bertz CT molecular complexity index is 2230. The van der Waals surface area contributed by atoms with Crippen LogP contribution >= 0.6 is 0 Å². The molecule has 4 aromatic carbocycles. The van der Waals surface area contributed by atoms with Crippen molar-refractivity contribution in [3.8, 4) is 11.5 Å². The number of aryl methyl sites for hydroxylation is 1. The van der Waals surface area contributed by atoms with Gasteiger partial charge >= 0.3 is 0 Å². The molecule has 2 fully saturated rings. The minimum absolute atomic E-state index is 0.0148. The van der Waals surface area contributed by atoms with Crippen LogP contribution in [0.25, 0.3) is 0 Å². The first-order valence-electron chi connectivity index (χ1n) is 19.3.